The van der Waals surface area contributed by atoms with Crippen LogP contribution in [0, 0.1) is 0 Å². The Morgan fingerprint density at radius 3 is 2.75 bits per heavy atom. The Labute approximate surface area is 169 Å². The smallest absolute Gasteiger partial charge is 0.160 e. The molecule has 1 fully saturated rings. The quantitative estimate of drug-likeness (QED) is 0.613. The summed E-state index contributed by atoms with van der Waals surface area (Å²) in [5, 5.41) is 3.60. The van der Waals surface area contributed by atoms with Gasteiger partial charge in [0, 0.05) is 23.6 Å². The number of ether oxygens (including phenoxy) is 1. The zero-order chi connectivity index (χ0) is 19.1. The Balaban J connectivity index is 1.75. The summed E-state index contributed by atoms with van der Waals surface area (Å²) in [6, 6.07) is 19.4. The van der Waals surface area contributed by atoms with Gasteiger partial charge in [-0.05, 0) is 35.4 Å². The van der Waals surface area contributed by atoms with E-state index in [2.05, 4.69) is 59.3 Å². The number of aliphatic imine (C=N–C) groups is 1. The third-order valence-electron chi connectivity index (χ3n) is 5.78. The summed E-state index contributed by atoms with van der Waals surface area (Å²) >= 11 is 1.87. The molecule has 4 nitrogen and oxygen atoms in total. The first kappa shape index (κ1) is 17.6. The SMILES string of the molecule is CC[C@@H]1CSC2=N[C@@H](c3ccccn3)[C@@H](c3c(OC)ccc4ccccc34)N21. The molecule has 0 spiro atoms. The van der Waals surface area contributed by atoms with Crippen molar-refractivity contribution in [3.63, 3.8) is 0 Å². The summed E-state index contributed by atoms with van der Waals surface area (Å²) in [7, 11) is 1.76. The predicted molar refractivity (Wildman–Crippen MR) is 116 cm³/mol. The third kappa shape index (κ3) is 2.68. The lowest BCUT2D eigenvalue weighted by atomic mass is 9.90. The van der Waals surface area contributed by atoms with Gasteiger partial charge in [-0.3, -0.25) is 9.98 Å². The highest BCUT2D eigenvalue weighted by Crippen LogP contribution is 2.52. The van der Waals surface area contributed by atoms with E-state index in [1.165, 1.54) is 16.3 Å². The van der Waals surface area contributed by atoms with Crippen molar-refractivity contribution in [2.75, 3.05) is 12.9 Å². The van der Waals surface area contributed by atoms with Crippen molar-refractivity contribution >= 4 is 27.7 Å². The second-order valence-corrected chi connectivity index (χ2v) is 8.23. The van der Waals surface area contributed by atoms with Gasteiger partial charge in [0.2, 0.25) is 0 Å². The van der Waals surface area contributed by atoms with Crippen LogP contribution in [0.4, 0.5) is 0 Å². The van der Waals surface area contributed by atoms with Crippen molar-refractivity contribution in [1.82, 2.24) is 9.88 Å². The lowest BCUT2D eigenvalue weighted by Crippen LogP contribution is -2.35. The van der Waals surface area contributed by atoms with E-state index in [-0.39, 0.29) is 12.1 Å². The molecule has 0 N–H and O–H groups in total. The second-order valence-electron chi connectivity index (χ2n) is 7.24. The average Bonchev–Trinajstić information content (AvgIpc) is 3.32. The van der Waals surface area contributed by atoms with Crippen molar-refractivity contribution in [3.8, 4) is 5.75 Å². The maximum atomic E-state index is 5.86. The van der Waals surface area contributed by atoms with Crippen LogP contribution in [0.5, 0.6) is 5.75 Å². The number of methoxy groups -OCH3 is 1. The van der Waals surface area contributed by atoms with Crippen molar-refractivity contribution in [1.29, 1.82) is 0 Å². The third-order valence-corrected chi connectivity index (χ3v) is 6.90. The lowest BCUT2D eigenvalue weighted by molar-refractivity contribution is 0.250. The topological polar surface area (TPSA) is 37.7 Å². The van der Waals surface area contributed by atoms with Gasteiger partial charge in [-0.15, -0.1) is 0 Å². The number of amidine groups is 1. The minimum atomic E-state index is -0.0299. The minimum Gasteiger partial charge on any atom is -0.496 e. The molecule has 142 valence electrons. The van der Waals surface area contributed by atoms with Crippen molar-refractivity contribution < 1.29 is 4.74 Å². The molecular weight excluding hydrogens is 366 g/mol. The molecule has 0 amide bonds. The number of hydrogen-bond donors (Lipinski definition) is 0. The number of aromatic nitrogens is 1. The van der Waals surface area contributed by atoms with E-state index in [1.54, 1.807) is 7.11 Å². The Morgan fingerprint density at radius 2 is 1.96 bits per heavy atom. The zero-order valence-corrected chi connectivity index (χ0v) is 16.9. The Morgan fingerprint density at radius 1 is 1.11 bits per heavy atom. The van der Waals surface area contributed by atoms with Gasteiger partial charge in [-0.1, -0.05) is 55.1 Å². The van der Waals surface area contributed by atoms with Crippen molar-refractivity contribution in [2.45, 2.75) is 31.5 Å². The normalized spacial score (nSPS) is 23.7. The van der Waals surface area contributed by atoms with Crippen LogP contribution in [0.3, 0.4) is 0 Å². The van der Waals surface area contributed by atoms with E-state index in [0.29, 0.717) is 6.04 Å². The lowest BCUT2D eigenvalue weighted by Gasteiger charge is -2.33. The van der Waals surface area contributed by atoms with Crippen molar-refractivity contribution in [2.24, 2.45) is 4.99 Å². The number of pyridine rings is 1. The Bertz CT molecular complexity index is 1040. The van der Waals surface area contributed by atoms with Crippen LogP contribution in [0.25, 0.3) is 10.8 Å². The van der Waals surface area contributed by atoms with Crippen LogP contribution in [0.15, 0.2) is 65.8 Å². The van der Waals surface area contributed by atoms with Gasteiger partial charge in [0.05, 0.1) is 18.8 Å². The zero-order valence-electron chi connectivity index (χ0n) is 16.1. The highest BCUT2D eigenvalue weighted by Gasteiger charge is 2.46. The Hall–Kier alpha value is -2.53. The maximum Gasteiger partial charge on any atom is 0.160 e. The van der Waals surface area contributed by atoms with Gasteiger partial charge in [-0.2, -0.15) is 0 Å². The molecule has 3 aromatic rings. The molecule has 5 heteroatoms. The molecule has 2 aromatic carbocycles. The molecule has 28 heavy (non-hydrogen) atoms. The first-order valence-electron chi connectivity index (χ1n) is 9.77. The van der Waals surface area contributed by atoms with E-state index in [1.807, 2.05) is 30.1 Å². The van der Waals surface area contributed by atoms with Crippen LogP contribution in [0.2, 0.25) is 0 Å². The fourth-order valence-electron chi connectivity index (χ4n) is 4.42. The molecule has 0 radical (unpaired) electrons. The Kier molecular flexibility index (Phi) is 4.47. The first-order valence-corrected chi connectivity index (χ1v) is 10.8. The number of thioether (sulfide) groups is 1. The molecule has 2 aliphatic heterocycles. The van der Waals surface area contributed by atoms with E-state index >= 15 is 0 Å². The molecule has 5 rings (SSSR count). The minimum absolute atomic E-state index is 0.0299. The van der Waals surface area contributed by atoms with Crippen molar-refractivity contribution in [3.05, 3.63) is 72.1 Å². The maximum absolute atomic E-state index is 5.86. The molecule has 3 heterocycles. The van der Waals surface area contributed by atoms with E-state index in [4.69, 9.17) is 9.73 Å². The molecule has 0 aliphatic carbocycles. The molecule has 0 unspecified atom stereocenters. The highest BCUT2D eigenvalue weighted by atomic mass is 32.2. The van der Waals surface area contributed by atoms with Gasteiger partial charge < -0.3 is 9.64 Å². The van der Waals surface area contributed by atoms with E-state index < -0.39 is 0 Å². The summed E-state index contributed by atoms with van der Waals surface area (Å²) < 4.78 is 5.86. The first-order chi connectivity index (χ1) is 13.8. The van der Waals surface area contributed by atoms with Crippen LogP contribution in [0.1, 0.15) is 36.7 Å². The van der Waals surface area contributed by atoms with Gasteiger partial charge in [0.1, 0.15) is 11.8 Å². The number of hydrogen-bond acceptors (Lipinski definition) is 5. The largest absolute Gasteiger partial charge is 0.496 e. The summed E-state index contributed by atoms with van der Waals surface area (Å²) in [4.78, 5) is 12.3. The van der Waals surface area contributed by atoms with Gasteiger partial charge in [-0.25, -0.2) is 0 Å². The van der Waals surface area contributed by atoms with E-state index in [0.717, 1.165) is 28.8 Å². The molecule has 3 atom stereocenters. The van der Waals surface area contributed by atoms with Gasteiger partial charge in [0.15, 0.2) is 5.17 Å². The monoisotopic (exact) mass is 389 g/mol. The molecule has 1 aromatic heterocycles. The fraction of sp³-hybridized carbons (Fsp3) is 0.304. The molecular formula is C23H23N3OS. The summed E-state index contributed by atoms with van der Waals surface area (Å²) in [6.07, 6.45) is 2.96. The number of rotatable bonds is 4. The molecule has 0 saturated carbocycles. The summed E-state index contributed by atoms with van der Waals surface area (Å²) in [5.41, 5.74) is 2.23. The second kappa shape index (κ2) is 7.13. The number of benzene rings is 2. The van der Waals surface area contributed by atoms with Gasteiger partial charge >= 0.3 is 0 Å². The standard InChI is InChI=1S/C23H23N3OS/c1-3-16-14-28-23-25-21(18-10-6-7-13-24-18)22(26(16)23)20-17-9-5-4-8-15(17)11-12-19(20)27-2/h4-13,16,21-22H,3,14H2,1-2H3/t16-,21+,22-/m1/s1. The van der Waals surface area contributed by atoms with Crippen LogP contribution >= 0.6 is 11.8 Å². The van der Waals surface area contributed by atoms with Crippen LogP contribution in [-0.4, -0.2) is 34.0 Å². The average molecular weight is 390 g/mol. The van der Waals surface area contributed by atoms with Crippen LogP contribution < -0.4 is 4.74 Å². The summed E-state index contributed by atoms with van der Waals surface area (Å²) in [6.45, 7) is 2.26. The number of fused-ring (bicyclic) bond motifs is 2. The highest BCUT2D eigenvalue weighted by molar-refractivity contribution is 8.14. The predicted octanol–water partition coefficient (Wildman–Crippen LogP) is 5.22. The number of nitrogens with zero attached hydrogens (tertiary/aromatic N) is 3. The molecule has 1 saturated heterocycles. The summed E-state index contributed by atoms with van der Waals surface area (Å²) in [5.74, 6) is 2.02. The van der Waals surface area contributed by atoms with Crippen LogP contribution in [-0.2, 0) is 0 Å². The molecule has 2 aliphatic rings. The van der Waals surface area contributed by atoms with E-state index in [9.17, 15) is 0 Å². The molecule has 0 bridgehead atoms. The van der Waals surface area contributed by atoms with Gasteiger partial charge in [0.25, 0.3) is 0 Å². The fourth-order valence-corrected chi connectivity index (χ4v) is 5.76.